The van der Waals surface area contributed by atoms with Crippen LogP contribution in [0.2, 0.25) is 4.34 Å². The Morgan fingerprint density at radius 3 is 2.94 bits per heavy atom. The second-order valence-electron chi connectivity index (χ2n) is 4.07. The van der Waals surface area contributed by atoms with Crippen molar-refractivity contribution in [2.45, 2.75) is 26.3 Å². The Labute approximate surface area is 110 Å². The molecule has 0 aromatic carbocycles. The van der Waals surface area contributed by atoms with E-state index in [1.807, 2.05) is 24.0 Å². The highest BCUT2D eigenvalue weighted by molar-refractivity contribution is 7.14. The zero-order valence-corrected chi connectivity index (χ0v) is 11.8. The van der Waals surface area contributed by atoms with E-state index in [0.29, 0.717) is 0 Å². The lowest BCUT2D eigenvalue weighted by Crippen LogP contribution is -2.06. The molecule has 1 unspecified atom stereocenters. The van der Waals surface area contributed by atoms with E-state index in [9.17, 15) is 0 Å². The molecule has 5 heteroatoms. The van der Waals surface area contributed by atoms with Crippen LogP contribution in [0.25, 0.3) is 0 Å². The summed E-state index contributed by atoms with van der Waals surface area (Å²) in [5.74, 6) is 0. The molecule has 2 aromatic heterocycles. The van der Waals surface area contributed by atoms with Gasteiger partial charge in [-0.15, -0.1) is 11.3 Å². The molecular formula is C12H16ClN3S. The highest BCUT2D eigenvalue weighted by Crippen LogP contribution is 2.27. The van der Waals surface area contributed by atoms with Gasteiger partial charge in [-0.05, 0) is 30.4 Å². The fourth-order valence-corrected chi connectivity index (χ4v) is 2.77. The lowest BCUT2D eigenvalue weighted by atomic mass is 10.1. The molecule has 3 nitrogen and oxygen atoms in total. The molecule has 92 valence electrons. The van der Waals surface area contributed by atoms with E-state index in [4.69, 9.17) is 11.6 Å². The number of aromatic nitrogens is 2. The maximum Gasteiger partial charge on any atom is 0.0931 e. The Balaban J connectivity index is 2.14. The Kier molecular flexibility index (Phi) is 3.74. The van der Waals surface area contributed by atoms with Gasteiger partial charge in [0.25, 0.3) is 0 Å². The van der Waals surface area contributed by atoms with Crippen molar-refractivity contribution < 1.29 is 0 Å². The minimum absolute atomic E-state index is 0.244. The molecule has 0 aliphatic rings. The number of halogens is 1. The Bertz CT molecular complexity index is 504. The fourth-order valence-electron chi connectivity index (χ4n) is 1.78. The third-order valence-corrected chi connectivity index (χ3v) is 3.81. The average Bonchev–Trinajstić information content (AvgIpc) is 2.85. The van der Waals surface area contributed by atoms with E-state index in [-0.39, 0.29) is 6.04 Å². The van der Waals surface area contributed by atoms with Gasteiger partial charge in [-0.2, -0.15) is 5.10 Å². The predicted molar refractivity (Wildman–Crippen MR) is 74.0 cm³/mol. The van der Waals surface area contributed by atoms with Crippen LogP contribution in [-0.2, 0) is 13.5 Å². The lowest BCUT2D eigenvalue weighted by Gasteiger charge is -2.13. The van der Waals surface area contributed by atoms with Gasteiger partial charge in [0.15, 0.2) is 0 Å². The van der Waals surface area contributed by atoms with E-state index in [0.717, 1.165) is 22.1 Å². The number of aryl methyl sites for hydroxylation is 2. The van der Waals surface area contributed by atoms with Crippen LogP contribution >= 0.6 is 22.9 Å². The van der Waals surface area contributed by atoms with Crippen molar-refractivity contribution in [3.05, 3.63) is 33.2 Å². The highest BCUT2D eigenvalue weighted by atomic mass is 35.5. The third-order valence-electron chi connectivity index (χ3n) is 2.70. The van der Waals surface area contributed by atoms with Gasteiger partial charge < -0.3 is 5.32 Å². The second kappa shape index (κ2) is 5.10. The summed E-state index contributed by atoms with van der Waals surface area (Å²) in [4.78, 5) is 0. The number of hydrogen-bond donors (Lipinski definition) is 1. The number of thiophene rings is 1. The summed E-state index contributed by atoms with van der Waals surface area (Å²) in [6.45, 7) is 4.24. The molecule has 0 spiro atoms. The van der Waals surface area contributed by atoms with Crippen LogP contribution in [0.1, 0.15) is 31.1 Å². The molecule has 0 fully saturated rings. The molecular weight excluding hydrogens is 254 g/mol. The minimum atomic E-state index is 0.244. The number of nitrogens with zero attached hydrogens (tertiary/aromatic N) is 2. The molecule has 0 saturated heterocycles. The number of rotatable bonds is 4. The van der Waals surface area contributed by atoms with Gasteiger partial charge in [0, 0.05) is 19.3 Å². The van der Waals surface area contributed by atoms with Crippen LogP contribution in [0.5, 0.6) is 0 Å². The van der Waals surface area contributed by atoms with E-state index >= 15 is 0 Å². The van der Waals surface area contributed by atoms with E-state index in [1.165, 1.54) is 5.56 Å². The normalized spacial score (nSPS) is 12.7. The van der Waals surface area contributed by atoms with Crippen LogP contribution < -0.4 is 5.32 Å². The Morgan fingerprint density at radius 2 is 2.35 bits per heavy atom. The summed E-state index contributed by atoms with van der Waals surface area (Å²) in [6.07, 6.45) is 2.95. The molecule has 17 heavy (non-hydrogen) atoms. The summed E-state index contributed by atoms with van der Waals surface area (Å²) in [5.41, 5.74) is 3.41. The molecule has 0 aliphatic heterocycles. The van der Waals surface area contributed by atoms with Crippen molar-refractivity contribution in [1.29, 1.82) is 0 Å². The van der Waals surface area contributed by atoms with Gasteiger partial charge in [0.2, 0.25) is 0 Å². The number of nitrogens with one attached hydrogen (secondary N) is 1. The van der Waals surface area contributed by atoms with Gasteiger partial charge in [0.1, 0.15) is 0 Å². The van der Waals surface area contributed by atoms with Crippen LogP contribution in [0.15, 0.2) is 17.6 Å². The molecule has 2 rings (SSSR count). The molecule has 2 heterocycles. The van der Waals surface area contributed by atoms with Crippen molar-refractivity contribution in [3.8, 4) is 0 Å². The van der Waals surface area contributed by atoms with Crippen molar-refractivity contribution in [2.24, 2.45) is 7.05 Å². The molecule has 2 aromatic rings. The summed E-state index contributed by atoms with van der Waals surface area (Å²) in [5, 5.41) is 9.97. The fraction of sp³-hybridized carbons (Fsp3) is 0.417. The molecule has 0 amide bonds. The van der Waals surface area contributed by atoms with Crippen molar-refractivity contribution in [2.75, 3.05) is 5.32 Å². The first kappa shape index (κ1) is 12.5. The van der Waals surface area contributed by atoms with Crippen LogP contribution in [0, 0.1) is 0 Å². The van der Waals surface area contributed by atoms with Crippen LogP contribution in [0.4, 0.5) is 5.69 Å². The molecule has 0 radical (unpaired) electrons. The predicted octanol–water partition coefficient (Wildman–Crippen LogP) is 3.87. The Morgan fingerprint density at radius 1 is 1.59 bits per heavy atom. The summed E-state index contributed by atoms with van der Waals surface area (Å²) in [6, 6.07) is 2.25. The van der Waals surface area contributed by atoms with Crippen molar-refractivity contribution in [1.82, 2.24) is 9.78 Å². The lowest BCUT2D eigenvalue weighted by molar-refractivity contribution is 0.746. The highest BCUT2D eigenvalue weighted by Gasteiger charge is 2.11. The third kappa shape index (κ3) is 2.82. The van der Waals surface area contributed by atoms with Gasteiger partial charge in [-0.25, -0.2) is 0 Å². The molecule has 1 N–H and O–H groups in total. The SMILES string of the molecule is CCc1nn(C)cc1NC(C)c1csc(Cl)c1. The molecule has 0 bridgehead atoms. The largest absolute Gasteiger partial charge is 0.376 e. The maximum absolute atomic E-state index is 5.94. The van der Waals surface area contributed by atoms with Crippen LogP contribution in [-0.4, -0.2) is 9.78 Å². The first-order chi connectivity index (χ1) is 8.10. The second-order valence-corrected chi connectivity index (χ2v) is 5.61. The molecule has 1 atom stereocenters. The van der Waals surface area contributed by atoms with Gasteiger partial charge >= 0.3 is 0 Å². The zero-order chi connectivity index (χ0) is 12.4. The van der Waals surface area contributed by atoms with Crippen LogP contribution in [0.3, 0.4) is 0 Å². The molecule has 0 aliphatic carbocycles. The zero-order valence-electron chi connectivity index (χ0n) is 10.2. The van der Waals surface area contributed by atoms with Gasteiger partial charge in [-0.3, -0.25) is 4.68 Å². The molecule has 0 saturated carbocycles. The standard InChI is InChI=1S/C12H16ClN3S/c1-4-10-11(6-16(3)15-10)14-8(2)9-5-12(13)17-7-9/h5-8,14H,4H2,1-3H3. The van der Waals surface area contributed by atoms with Gasteiger partial charge in [0.05, 0.1) is 15.7 Å². The number of hydrogen-bond acceptors (Lipinski definition) is 3. The van der Waals surface area contributed by atoms with Gasteiger partial charge in [-0.1, -0.05) is 18.5 Å². The summed E-state index contributed by atoms with van der Waals surface area (Å²) >= 11 is 7.51. The van der Waals surface area contributed by atoms with E-state index < -0.39 is 0 Å². The topological polar surface area (TPSA) is 29.9 Å². The summed E-state index contributed by atoms with van der Waals surface area (Å²) in [7, 11) is 1.94. The first-order valence-electron chi connectivity index (χ1n) is 5.63. The van der Waals surface area contributed by atoms with Crippen molar-refractivity contribution in [3.63, 3.8) is 0 Å². The number of anilines is 1. The summed E-state index contributed by atoms with van der Waals surface area (Å²) < 4.78 is 2.67. The van der Waals surface area contributed by atoms with E-state index in [1.54, 1.807) is 11.3 Å². The van der Waals surface area contributed by atoms with Crippen molar-refractivity contribution >= 4 is 28.6 Å². The smallest absolute Gasteiger partial charge is 0.0931 e. The average molecular weight is 270 g/mol. The monoisotopic (exact) mass is 269 g/mol. The maximum atomic E-state index is 5.94. The first-order valence-corrected chi connectivity index (χ1v) is 6.89. The quantitative estimate of drug-likeness (QED) is 0.913. The minimum Gasteiger partial charge on any atom is -0.376 e. The van der Waals surface area contributed by atoms with E-state index in [2.05, 4.69) is 29.6 Å². The Hall–Kier alpha value is -1.00.